The van der Waals surface area contributed by atoms with Crippen LogP contribution in [0, 0.1) is 0 Å². The van der Waals surface area contributed by atoms with Crippen molar-refractivity contribution in [2.75, 3.05) is 38.2 Å². The molecule has 1 aromatic carbocycles. The highest BCUT2D eigenvalue weighted by molar-refractivity contribution is 7.18. The Hall–Kier alpha value is -2.18. The molecular formula is C23H28N4OS. The van der Waals surface area contributed by atoms with Crippen LogP contribution in [0.25, 0.3) is 10.2 Å². The first kappa shape index (κ1) is 18.8. The van der Waals surface area contributed by atoms with Gasteiger partial charge in [0.05, 0.1) is 12.5 Å². The molecule has 0 radical (unpaired) electrons. The van der Waals surface area contributed by atoms with Gasteiger partial charge in [-0.05, 0) is 48.9 Å². The standard InChI is InChI=1S/C23H28N4OS/c1-28-18-9-7-17(8-10-18)15-26-11-13-27(14-12-26)22-21-19-5-3-2-4-6-20(19)29-23(21)25-16-24-22/h7-10,16H,2-6,11-15H2,1H3. The van der Waals surface area contributed by atoms with Gasteiger partial charge in [0.15, 0.2) is 0 Å². The van der Waals surface area contributed by atoms with Crippen molar-refractivity contribution in [3.8, 4) is 5.75 Å². The van der Waals surface area contributed by atoms with Gasteiger partial charge in [-0.25, -0.2) is 9.97 Å². The van der Waals surface area contributed by atoms with Crippen LogP contribution >= 0.6 is 11.3 Å². The summed E-state index contributed by atoms with van der Waals surface area (Å²) < 4.78 is 5.27. The Morgan fingerprint density at radius 1 is 0.966 bits per heavy atom. The van der Waals surface area contributed by atoms with Crippen LogP contribution in [0.4, 0.5) is 5.82 Å². The molecule has 3 aromatic rings. The molecule has 5 nitrogen and oxygen atoms in total. The maximum atomic E-state index is 5.27. The average Bonchev–Trinajstić information content (AvgIpc) is 2.96. The number of ether oxygens (including phenoxy) is 1. The zero-order valence-electron chi connectivity index (χ0n) is 17.1. The fraction of sp³-hybridized carbons (Fsp3) is 0.478. The number of thiophene rings is 1. The Kier molecular flexibility index (Phi) is 5.38. The predicted molar refractivity (Wildman–Crippen MR) is 119 cm³/mol. The number of aryl methyl sites for hydroxylation is 2. The van der Waals surface area contributed by atoms with Gasteiger partial charge in [-0.1, -0.05) is 18.6 Å². The fourth-order valence-electron chi connectivity index (χ4n) is 4.60. The molecule has 0 spiro atoms. The highest BCUT2D eigenvalue weighted by Gasteiger charge is 2.24. The molecule has 0 bridgehead atoms. The van der Waals surface area contributed by atoms with Crippen molar-refractivity contribution in [1.29, 1.82) is 0 Å². The molecule has 6 heteroatoms. The second-order valence-corrected chi connectivity index (χ2v) is 9.14. The molecule has 0 N–H and O–H groups in total. The maximum Gasteiger partial charge on any atom is 0.141 e. The number of anilines is 1. The summed E-state index contributed by atoms with van der Waals surface area (Å²) >= 11 is 1.90. The molecule has 1 fully saturated rings. The van der Waals surface area contributed by atoms with Gasteiger partial charge >= 0.3 is 0 Å². The van der Waals surface area contributed by atoms with Gasteiger partial charge in [-0.2, -0.15) is 0 Å². The third-order valence-electron chi connectivity index (χ3n) is 6.22. The summed E-state index contributed by atoms with van der Waals surface area (Å²) in [7, 11) is 1.71. The highest BCUT2D eigenvalue weighted by atomic mass is 32.1. The SMILES string of the molecule is COc1ccc(CN2CCN(c3ncnc4sc5c(c34)CCCCC5)CC2)cc1. The van der Waals surface area contributed by atoms with Crippen LogP contribution in [0.1, 0.15) is 35.3 Å². The van der Waals surface area contributed by atoms with Gasteiger partial charge in [0.2, 0.25) is 0 Å². The van der Waals surface area contributed by atoms with E-state index in [2.05, 4.69) is 26.9 Å². The number of piperazine rings is 1. The lowest BCUT2D eigenvalue weighted by molar-refractivity contribution is 0.249. The first-order chi connectivity index (χ1) is 14.3. The summed E-state index contributed by atoms with van der Waals surface area (Å²) in [5.74, 6) is 2.08. The minimum Gasteiger partial charge on any atom is -0.497 e. The van der Waals surface area contributed by atoms with Crippen molar-refractivity contribution in [3.05, 3.63) is 46.6 Å². The summed E-state index contributed by atoms with van der Waals surface area (Å²) in [6.07, 6.45) is 8.11. The van der Waals surface area contributed by atoms with Crippen molar-refractivity contribution in [2.24, 2.45) is 0 Å². The molecule has 0 amide bonds. The van der Waals surface area contributed by atoms with Crippen molar-refractivity contribution in [1.82, 2.24) is 14.9 Å². The van der Waals surface area contributed by atoms with Crippen LogP contribution in [0.2, 0.25) is 0 Å². The van der Waals surface area contributed by atoms with E-state index < -0.39 is 0 Å². The third-order valence-corrected chi connectivity index (χ3v) is 7.42. The number of benzene rings is 1. The number of aromatic nitrogens is 2. The minimum absolute atomic E-state index is 0.918. The summed E-state index contributed by atoms with van der Waals surface area (Å²) in [6.45, 7) is 5.15. The van der Waals surface area contributed by atoms with E-state index in [1.807, 2.05) is 23.5 Å². The van der Waals surface area contributed by atoms with Gasteiger partial charge in [-0.15, -0.1) is 11.3 Å². The van der Waals surface area contributed by atoms with E-state index in [4.69, 9.17) is 9.72 Å². The Bertz CT molecular complexity index is 976. The Morgan fingerprint density at radius 3 is 2.55 bits per heavy atom. The molecule has 2 aliphatic rings. The lowest BCUT2D eigenvalue weighted by atomic mass is 10.1. The molecule has 0 unspecified atom stereocenters. The smallest absolute Gasteiger partial charge is 0.141 e. The van der Waals surface area contributed by atoms with E-state index in [1.54, 1.807) is 23.9 Å². The molecule has 5 rings (SSSR count). The Balaban J connectivity index is 1.31. The largest absolute Gasteiger partial charge is 0.497 e. The molecule has 0 saturated carbocycles. The summed E-state index contributed by atoms with van der Waals surface area (Å²) in [5.41, 5.74) is 2.88. The van der Waals surface area contributed by atoms with Crippen LogP contribution in [0.3, 0.4) is 0 Å². The van der Waals surface area contributed by atoms with E-state index in [-0.39, 0.29) is 0 Å². The van der Waals surface area contributed by atoms with Crippen molar-refractivity contribution in [3.63, 3.8) is 0 Å². The molecule has 152 valence electrons. The van der Waals surface area contributed by atoms with E-state index in [9.17, 15) is 0 Å². The van der Waals surface area contributed by atoms with Crippen LogP contribution in [-0.4, -0.2) is 48.2 Å². The summed E-state index contributed by atoms with van der Waals surface area (Å²) in [4.78, 5) is 17.1. The highest BCUT2D eigenvalue weighted by Crippen LogP contribution is 2.38. The fourth-order valence-corrected chi connectivity index (χ4v) is 5.82. The van der Waals surface area contributed by atoms with Gasteiger partial charge in [0.1, 0.15) is 22.7 Å². The van der Waals surface area contributed by atoms with E-state index in [0.29, 0.717) is 0 Å². The molecule has 3 heterocycles. The van der Waals surface area contributed by atoms with Gasteiger partial charge in [-0.3, -0.25) is 4.90 Å². The lowest BCUT2D eigenvalue weighted by Crippen LogP contribution is -2.46. The van der Waals surface area contributed by atoms with Crippen LogP contribution in [0.15, 0.2) is 30.6 Å². The van der Waals surface area contributed by atoms with Gasteiger partial charge in [0, 0.05) is 37.6 Å². The normalized spacial score (nSPS) is 17.9. The molecule has 2 aromatic heterocycles. The second-order valence-electron chi connectivity index (χ2n) is 8.05. The number of hydrogen-bond donors (Lipinski definition) is 0. The summed E-state index contributed by atoms with van der Waals surface area (Å²) in [5, 5.41) is 1.35. The molecule has 0 atom stereocenters. The quantitative estimate of drug-likeness (QED) is 0.603. The van der Waals surface area contributed by atoms with Gasteiger partial charge in [0.25, 0.3) is 0 Å². The molecule has 29 heavy (non-hydrogen) atoms. The molecule has 1 aliphatic carbocycles. The molecule has 1 saturated heterocycles. The van der Waals surface area contributed by atoms with Gasteiger partial charge < -0.3 is 9.64 Å². The van der Waals surface area contributed by atoms with E-state index in [1.165, 1.54) is 53.7 Å². The number of hydrogen-bond acceptors (Lipinski definition) is 6. The number of fused-ring (bicyclic) bond motifs is 3. The lowest BCUT2D eigenvalue weighted by Gasteiger charge is -2.35. The molecule has 1 aliphatic heterocycles. The monoisotopic (exact) mass is 408 g/mol. The third kappa shape index (κ3) is 3.83. The maximum absolute atomic E-state index is 5.27. The van der Waals surface area contributed by atoms with Crippen LogP contribution in [-0.2, 0) is 19.4 Å². The van der Waals surface area contributed by atoms with Crippen LogP contribution in [0.5, 0.6) is 5.75 Å². The minimum atomic E-state index is 0.918. The van der Waals surface area contributed by atoms with Crippen LogP contribution < -0.4 is 9.64 Å². The second kappa shape index (κ2) is 8.28. The number of rotatable bonds is 4. The average molecular weight is 409 g/mol. The first-order valence-electron chi connectivity index (χ1n) is 10.7. The zero-order chi connectivity index (χ0) is 19.6. The zero-order valence-corrected chi connectivity index (χ0v) is 17.9. The van der Waals surface area contributed by atoms with Crippen molar-refractivity contribution < 1.29 is 4.74 Å². The van der Waals surface area contributed by atoms with Crippen molar-refractivity contribution >= 4 is 27.4 Å². The predicted octanol–water partition coefficient (Wildman–Crippen LogP) is 4.29. The number of nitrogens with zero attached hydrogens (tertiary/aromatic N) is 4. The first-order valence-corrected chi connectivity index (χ1v) is 11.5. The topological polar surface area (TPSA) is 41.5 Å². The van der Waals surface area contributed by atoms with E-state index >= 15 is 0 Å². The Labute approximate surface area is 176 Å². The van der Waals surface area contributed by atoms with Crippen molar-refractivity contribution in [2.45, 2.75) is 38.6 Å². The molecular weight excluding hydrogens is 380 g/mol. The van der Waals surface area contributed by atoms with E-state index in [0.717, 1.165) is 38.5 Å². The summed E-state index contributed by atoms with van der Waals surface area (Å²) in [6, 6.07) is 8.43. The number of methoxy groups -OCH3 is 1. The Morgan fingerprint density at radius 2 is 1.76 bits per heavy atom.